The molecule has 1 heterocycles. The Kier molecular flexibility index (Phi) is 4.16. The van der Waals surface area contributed by atoms with Crippen LogP contribution in [0.4, 0.5) is 0 Å². The molecule has 2 aliphatic rings. The van der Waals surface area contributed by atoms with Gasteiger partial charge in [0.1, 0.15) is 18.1 Å². The van der Waals surface area contributed by atoms with E-state index >= 15 is 0 Å². The SMILES string of the molecule is COc1ccc(OCCN2CCC3(CCCC3)C2)cc1. The van der Waals surface area contributed by atoms with Crippen LogP contribution in [0.2, 0.25) is 0 Å². The minimum Gasteiger partial charge on any atom is -0.497 e. The summed E-state index contributed by atoms with van der Waals surface area (Å²) < 4.78 is 11.0. The van der Waals surface area contributed by atoms with Gasteiger partial charge in [-0.05, 0) is 55.5 Å². The van der Waals surface area contributed by atoms with Crippen LogP contribution in [0.3, 0.4) is 0 Å². The normalized spacial score (nSPS) is 21.4. The average Bonchev–Trinajstić information content (AvgIpc) is 3.10. The Morgan fingerprint density at radius 2 is 1.75 bits per heavy atom. The summed E-state index contributed by atoms with van der Waals surface area (Å²) in [5.74, 6) is 1.81. The van der Waals surface area contributed by atoms with Crippen molar-refractivity contribution in [3.05, 3.63) is 24.3 Å². The fraction of sp³-hybridized carbons (Fsp3) is 0.647. The van der Waals surface area contributed by atoms with Gasteiger partial charge in [0.2, 0.25) is 0 Å². The van der Waals surface area contributed by atoms with E-state index in [0.717, 1.165) is 24.7 Å². The number of likely N-dealkylation sites (tertiary alicyclic amines) is 1. The van der Waals surface area contributed by atoms with Crippen molar-refractivity contribution in [1.29, 1.82) is 0 Å². The Hall–Kier alpha value is -1.22. The van der Waals surface area contributed by atoms with Gasteiger partial charge in [-0.15, -0.1) is 0 Å². The van der Waals surface area contributed by atoms with Gasteiger partial charge in [-0.2, -0.15) is 0 Å². The summed E-state index contributed by atoms with van der Waals surface area (Å²) in [5, 5.41) is 0. The van der Waals surface area contributed by atoms with Gasteiger partial charge in [-0.25, -0.2) is 0 Å². The molecule has 1 aliphatic carbocycles. The summed E-state index contributed by atoms with van der Waals surface area (Å²) in [6, 6.07) is 7.83. The quantitative estimate of drug-likeness (QED) is 0.822. The molecule has 1 aliphatic heterocycles. The van der Waals surface area contributed by atoms with Gasteiger partial charge < -0.3 is 9.47 Å². The molecule has 1 aromatic carbocycles. The van der Waals surface area contributed by atoms with Gasteiger partial charge in [0.15, 0.2) is 0 Å². The molecule has 1 spiro atoms. The molecule has 2 fully saturated rings. The van der Waals surface area contributed by atoms with Gasteiger partial charge in [-0.3, -0.25) is 4.90 Å². The lowest BCUT2D eigenvalue weighted by Crippen LogP contribution is -2.29. The van der Waals surface area contributed by atoms with Gasteiger partial charge in [0, 0.05) is 13.1 Å². The predicted molar refractivity (Wildman–Crippen MR) is 80.4 cm³/mol. The minimum absolute atomic E-state index is 0.667. The second kappa shape index (κ2) is 6.04. The van der Waals surface area contributed by atoms with E-state index < -0.39 is 0 Å². The van der Waals surface area contributed by atoms with Crippen molar-refractivity contribution in [2.75, 3.05) is 33.4 Å². The first kappa shape index (κ1) is 13.7. The number of ether oxygens (including phenoxy) is 2. The van der Waals surface area contributed by atoms with Gasteiger partial charge in [-0.1, -0.05) is 12.8 Å². The van der Waals surface area contributed by atoms with E-state index in [1.54, 1.807) is 7.11 Å². The topological polar surface area (TPSA) is 21.7 Å². The third-order valence-corrected chi connectivity index (χ3v) is 4.92. The Morgan fingerprint density at radius 1 is 1.05 bits per heavy atom. The third kappa shape index (κ3) is 3.09. The van der Waals surface area contributed by atoms with Crippen molar-refractivity contribution in [3.8, 4) is 11.5 Å². The molecule has 3 heteroatoms. The molecule has 110 valence electrons. The largest absolute Gasteiger partial charge is 0.497 e. The van der Waals surface area contributed by atoms with Crippen LogP contribution < -0.4 is 9.47 Å². The Bertz CT molecular complexity index is 423. The summed E-state index contributed by atoms with van der Waals surface area (Å²) in [5.41, 5.74) is 0.667. The second-order valence-electron chi connectivity index (χ2n) is 6.26. The zero-order valence-corrected chi connectivity index (χ0v) is 12.4. The molecule has 0 bridgehead atoms. The molecule has 0 atom stereocenters. The van der Waals surface area contributed by atoms with E-state index in [1.165, 1.54) is 45.2 Å². The zero-order chi connectivity index (χ0) is 13.8. The van der Waals surface area contributed by atoms with Crippen LogP contribution in [0.25, 0.3) is 0 Å². The van der Waals surface area contributed by atoms with Gasteiger partial charge in [0.05, 0.1) is 7.11 Å². The highest BCUT2D eigenvalue weighted by Crippen LogP contribution is 2.45. The Labute approximate surface area is 121 Å². The van der Waals surface area contributed by atoms with Crippen molar-refractivity contribution < 1.29 is 9.47 Å². The maximum absolute atomic E-state index is 5.82. The predicted octanol–water partition coefficient (Wildman–Crippen LogP) is 3.34. The summed E-state index contributed by atoms with van der Waals surface area (Å²) in [4.78, 5) is 2.58. The smallest absolute Gasteiger partial charge is 0.119 e. The molecule has 0 amide bonds. The average molecular weight is 275 g/mol. The van der Waals surface area contributed by atoms with Gasteiger partial charge >= 0.3 is 0 Å². The molecular formula is C17H25NO2. The molecule has 0 unspecified atom stereocenters. The fourth-order valence-electron chi connectivity index (χ4n) is 3.72. The Morgan fingerprint density at radius 3 is 2.45 bits per heavy atom. The number of hydrogen-bond donors (Lipinski definition) is 0. The lowest BCUT2D eigenvalue weighted by atomic mass is 9.86. The van der Waals surface area contributed by atoms with Crippen molar-refractivity contribution in [2.24, 2.45) is 5.41 Å². The number of methoxy groups -OCH3 is 1. The zero-order valence-electron chi connectivity index (χ0n) is 12.4. The standard InChI is InChI=1S/C17H25NO2/c1-19-15-4-6-16(7-5-15)20-13-12-18-11-10-17(14-18)8-2-3-9-17/h4-7H,2-3,8-14H2,1H3. The molecule has 0 N–H and O–H groups in total. The molecule has 0 aromatic heterocycles. The second-order valence-corrected chi connectivity index (χ2v) is 6.26. The maximum Gasteiger partial charge on any atom is 0.119 e. The van der Waals surface area contributed by atoms with E-state index in [0.29, 0.717) is 5.41 Å². The highest BCUT2D eigenvalue weighted by Gasteiger charge is 2.39. The van der Waals surface area contributed by atoms with Crippen LogP contribution in [-0.4, -0.2) is 38.3 Å². The van der Waals surface area contributed by atoms with E-state index in [2.05, 4.69) is 4.90 Å². The van der Waals surface area contributed by atoms with Crippen LogP contribution in [0.1, 0.15) is 32.1 Å². The highest BCUT2D eigenvalue weighted by atomic mass is 16.5. The number of hydrogen-bond acceptors (Lipinski definition) is 3. The van der Waals surface area contributed by atoms with Crippen LogP contribution in [0.5, 0.6) is 11.5 Å². The van der Waals surface area contributed by atoms with Crippen molar-refractivity contribution in [2.45, 2.75) is 32.1 Å². The monoisotopic (exact) mass is 275 g/mol. The van der Waals surface area contributed by atoms with Crippen molar-refractivity contribution in [1.82, 2.24) is 4.90 Å². The lowest BCUT2D eigenvalue weighted by Gasteiger charge is -2.23. The fourth-order valence-corrected chi connectivity index (χ4v) is 3.72. The van der Waals surface area contributed by atoms with Gasteiger partial charge in [0.25, 0.3) is 0 Å². The van der Waals surface area contributed by atoms with Crippen LogP contribution >= 0.6 is 0 Å². The first-order valence-corrected chi connectivity index (χ1v) is 7.79. The molecular weight excluding hydrogens is 250 g/mol. The Balaban J connectivity index is 1.41. The molecule has 1 saturated heterocycles. The number of benzene rings is 1. The maximum atomic E-state index is 5.82. The molecule has 0 radical (unpaired) electrons. The molecule has 1 aromatic rings. The molecule has 20 heavy (non-hydrogen) atoms. The van der Waals surface area contributed by atoms with Crippen molar-refractivity contribution in [3.63, 3.8) is 0 Å². The van der Waals surface area contributed by atoms with Crippen molar-refractivity contribution >= 4 is 0 Å². The summed E-state index contributed by atoms with van der Waals surface area (Å²) in [7, 11) is 1.68. The first-order valence-electron chi connectivity index (χ1n) is 7.79. The first-order chi connectivity index (χ1) is 9.80. The lowest BCUT2D eigenvalue weighted by molar-refractivity contribution is 0.212. The van der Waals surface area contributed by atoms with Crippen LogP contribution in [0, 0.1) is 5.41 Å². The number of nitrogens with zero attached hydrogens (tertiary/aromatic N) is 1. The van der Waals surface area contributed by atoms with E-state index in [4.69, 9.17) is 9.47 Å². The summed E-state index contributed by atoms with van der Waals surface area (Å²) in [6.45, 7) is 4.38. The summed E-state index contributed by atoms with van der Waals surface area (Å²) in [6.07, 6.45) is 7.17. The van der Waals surface area contributed by atoms with E-state index in [1.807, 2.05) is 24.3 Å². The summed E-state index contributed by atoms with van der Waals surface area (Å²) >= 11 is 0. The van der Waals surface area contributed by atoms with E-state index in [9.17, 15) is 0 Å². The third-order valence-electron chi connectivity index (χ3n) is 4.92. The van der Waals surface area contributed by atoms with E-state index in [-0.39, 0.29) is 0 Å². The molecule has 3 rings (SSSR count). The van der Waals surface area contributed by atoms with Crippen LogP contribution in [0.15, 0.2) is 24.3 Å². The minimum atomic E-state index is 0.667. The highest BCUT2D eigenvalue weighted by molar-refractivity contribution is 5.31. The molecule has 3 nitrogen and oxygen atoms in total. The number of rotatable bonds is 5. The molecule has 1 saturated carbocycles. The van der Waals surface area contributed by atoms with Crippen LogP contribution in [-0.2, 0) is 0 Å².